The van der Waals surface area contributed by atoms with Gasteiger partial charge in [-0.05, 0) is 0 Å². The van der Waals surface area contributed by atoms with Gasteiger partial charge in [0.2, 0.25) is 0 Å². The Morgan fingerprint density at radius 1 is 0.783 bits per heavy atom. The second kappa shape index (κ2) is 16.2. The minimum Gasteiger partial charge on any atom is -0.480 e. The lowest BCUT2D eigenvalue weighted by Crippen LogP contribution is -2.66. The van der Waals surface area contributed by atoms with Crippen molar-refractivity contribution in [1.29, 1.82) is 0 Å². The number of nitrogens with two attached hydrogens (primary N) is 1. The Hall–Kier alpha value is -0.870. The third-order valence-electron chi connectivity index (χ3n) is 6.92. The van der Waals surface area contributed by atoms with Gasteiger partial charge in [0, 0.05) is 0 Å². The Morgan fingerprint density at radius 3 is 1.96 bits per heavy atom. The lowest BCUT2D eigenvalue weighted by atomic mass is 9.96. The summed E-state index contributed by atoms with van der Waals surface area (Å²) in [6.45, 7) is -3.44. The zero-order chi connectivity index (χ0) is 34.7. The maximum atomic E-state index is 11.6. The Balaban J connectivity index is 1.83. The molecule has 26 heteroatoms. The first-order valence-electron chi connectivity index (χ1n) is 13.2. The van der Waals surface area contributed by atoms with E-state index in [2.05, 4.69) is 9.05 Å². The third-order valence-corrected chi connectivity index (χ3v) is 7.93. The summed E-state index contributed by atoms with van der Waals surface area (Å²) >= 11 is 0. The van der Waals surface area contributed by atoms with Crippen LogP contribution in [0.15, 0.2) is 0 Å². The van der Waals surface area contributed by atoms with Crippen molar-refractivity contribution in [1.82, 2.24) is 0 Å². The van der Waals surface area contributed by atoms with Crippen LogP contribution >= 0.6 is 15.6 Å². The fourth-order valence-electron chi connectivity index (χ4n) is 4.55. The smallest absolute Gasteiger partial charge is 0.470 e. The maximum absolute atomic E-state index is 11.6. The van der Waals surface area contributed by atoms with Gasteiger partial charge in [0.15, 0.2) is 18.9 Å². The lowest BCUT2D eigenvalue weighted by molar-refractivity contribution is -0.372. The first-order valence-corrected chi connectivity index (χ1v) is 16.3. The highest BCUT2D eigenvalue weighted by Crippen LogP contribution is 2.42. The number of phosphoric ester groups is 2. The molecule has 0 aromatic heterocycles. The molecule has 0 bridgehead atoms. The summed E-state index contributed by atoms with van der Waals surface area (Å²) in [5.74, 6) is -1.51. The summed E-state index contributed by atoms with van der Waals surface area (Å²) in [4.78, 5) is 47.9. The first kappa shape index (κ1) is 39.6. The number of carboxylic acids is 1. The molecule has 0 unspecified atom stereocenters. The third kappa shape index (κ3) is 10.3. The molecule has 14 N–H and O–H groups in total. The number of phosphoric acid groups is 2. The molecule has 0 saturated carbocycles. The molecule has 3 saturated heterocycles. The van der Waals surface area contributed by atoms with Gasteiger partial charge in [-0.15, -0.1) is 0 Å². The average Bonchev–Trinajstić information content (AvgIpc) is 2.95. The van der Waals surface area contributed by atoms with E-state index < -0.39 is 140 Å². The van der Waals surface area contributed by atoms with Crippen molar-refractivity contribution in [3.8, 4) is 0 Å². The number of aliphatic hydroxyl groups excluding tert-OH is 7. The summed E-state index contributed by atoms with van der Waals surface area (Å²) in [6, 6.07) is -1.62. The molecule has 0 aromatic carbocycles. The van der Waals surface area contributed by atoms with Crippen LogP contribution in [0, 0.1) is 0 Å². The van der Waals surface area contributed by atoms with Crippen LogP contribution in [-0.2, 0) is 51.4 Å². The van der Waals surface area contributed by atoms with Gasteiger partial charge in [-0.3, -0.25) is 13.8 Å². The van der Waals surface area contributed by atoms with Gasteiger partial charge in [0.25, 0.3) is 0 Å². The Kier molecular flexibility index (Phi) is 14.0. The van der Waals surface area contributed by atoms with Crippen molar-refractivity contribution in [2.45, 2.75) is 92.1 Å². The Labute approximate surface area is 258 Å². The van der Waals surface area contributed by atoms with E-state index in [0.717, 1.165) is 0 Å². The molecule has 0 aromatic rings. The molecule has 0 spiro atoms. The SMILES string of the molecule is N[C@@H](CO[C@@H]1OC[C@@H](O[C@@H]2O[C@H](COP(=O)(O)O)[C@H](O)[C@H](O[C@@H]3O[C@H](CO)[C@H](O)[C@H](O)[C@H]3O)[C@H]2O)[C@H](O)[C@H]1OP(=O)(O)O)C(=O)O. The number of rotatable bonds is 14. The van der Waals surface area contributed by atoms with Crippen LogP contribution in [0.4, 0.5) is 0 Å². The second-order valence-corrected chi connectivity index (χ2v) is 12.7. The normalized spacial score (nSPS) is 41.7. The molecule has 3 heterocycles. The minimum atomic E-state index is -5.39. The van der Waals surface area contributed by atoms with E-state index in [1.54, 1.807) is 0 Å². The quantitative estimate of drug-likeness (QED) is 0.0741. The standard InChI is InChI=1S/C20H37NO23P2/c21-5(17(29)30)2-37-20-16(44-46(34,35)36)11(25)7(3-38-20)41-19-14(28)15(10(24)8(42-19)4-39-45(31,32)33)43-18-13(27)12(26)9(23)6(1-22)40-18/h5-16,18-20,22-28H,1-4,21H2,(H,29,30)(H2,31,32,33)(H2,34,35,36)/t5-,6+,7+,8+,9-,10-,11-,12-,13+,14+,15-,16+,18-,19+,20+/m0/s1. The van der Waals surface area contributed by atoms with Crippen LogP contribution in [0.1, 0.15) is 0 Å². The summed E-state index contributed by atoms with van der Waals surface area (Å²) in [6.07, 6.45) is -27.0. The van der Waals surface area contributed by atoms with Crippen LogP contribution in [0.25, 0.3) is 0 Å². The summed E-state index contributed by atoms with van der Waals surface area (Å²) in [5, 5.41) is 81.5. The van der Waals surface area contributed by atoms with E-state index in [1.807, 2.05) is 0 Å². The molecule has 3 aliphatic rings. The van der Waals surface area contributed by atoms with Crippen molar-refractivity contribution < 1.29 is 112 Å². The number of carboxylic acid groups (broad SMARTS) is 1. The largest absolute Gasteiger partial charge is 0.480 e. The molecule has 46 heavy (non-hydrogen) atoms. The predicted octanol–water partition coefficient (Wildman–Crippen LogP) is -7.26. The van der Waals surface area contributed by atoms with Crippen molar-refractivity contribution in [2.24, 2.45) is 5.73 Å². The van der Waals surface area contributed by atoms with Gasteiger partial charge in [-0.2, -0.15) is 0 Å². The molecule has 3 rings (SSSR count). The lowest BCUT2D eigenvalue weighted by Gasteiger charge is -2.47. The van der Waals surface area contributed by atoms with Gasteiger partial charge < -0.3 is 94.6 Å². The predicted molar refractivity (Wildman–Crippen MR) is 136 cm³/mol. The second-order valence-electron chi connectivity index (χ2n) is 10.3. The minimum absolute atomic E-state index is 0.716. The van der Waals surface area contributed by atoms with E-state index in [9.17, 15) is 59.5 Å². The molecule has 0 amide bonds. The number of aliphatic hydroxyl groups is 7. The molecule has 3 fully saturated rings. The summed E-state index contributed by atoms with van der Waals surface area (Å²) < 4.78 is 63.7. The van der Waals surface area contributed by atoms with Gasteiger partial charge in [0.05, 0.1) is 26.4 Å². The highest BCUT2D eigenvalue weighted by Gasteiger charge is 2.53. The molecule has 0 radical (unpaired) electrons. The molecule has 15 atom stereocenters. The van der Waals surface area contributed by atoms with E-state index in [1.165, 1.54) is 0 Å². The van der Waals surface area contributed by atoms with Crippen LogP contribution in [0.3, 0.4) is 0 Å². The summed E-state index contributed by atoms with van der Waals surface area (Å²) in [5.41, 5.74) is 5.34. The number of hydrogen-bond acceptors (Lipinski definition) is 19. The van der Waals surface area contributed by atoms with E-state index >= 15 is 0 Å². The van der Waals surface area contributed by atoms with Crippen molar-refractivity contribution in [3.63, 3.8) is 0 Å². The average molecular weight is 721 g/mol. The highest BCUT2D eigenvalue weighted by molar-refractivity contribution is 7.46. The van der Waals surface area contributed by atoms with Crippen molar-refractivity contribution >= 4 is 21.6 Å². The molecule has 270 valence electrons. The number of aliphatic carboxylic acids is 1. The monoisotopic (exact) mass is 721 g/mol. The van der Waals surface area contributed by atoms with E-state index in [-0.39, 0.29) is 0 Å². The molecular weight excluding hydrogens is 684 g/mol. The first-order chi connectivity index (χ1) is 21.2. The van der Waals surface area contributed by atoms with Gasteiger partial charge >= 0.3 is 21.6 Å². The van der Waals surface area contributed by atoms with Crippen molar-refractivity contribution in [2.75, 3.05) is 26.4 Å². The molecule has 24 nitrogen and oxygen atoms in total. The van der Waals surface area contributed by atoms with Crippen LogP contribution in [-0.4, -0.2) is 185 Å². The Morgan fingerprint density at radius 2 is 1.39 bits per heavy atom. The zero-order valence-electron chi connectivity index (χ0n) is 23.3. The molecular formula is C20H37NO23P2. The van der Waals surface area contributed by atoms with Crippen LogP contribution in [0.5, 0.6) is 0 Å². The number of carbonyl (C=O) groups is 1. The van der Waals surface area contributed by atoms with Crippen LogP contribution in [0.2, 0.25) is 0 Å². The fraction of sp³-hybridized carbons (Fsp3) is 0.950. The summed E-state index contributed by atoms with van der Waals surface area (Å²) in [7, 11) is -10.6. The number of hydrogen-bond donors (Lipinski definition) is 13. The van der Waals surface area contributed by atoms with Gasteiger partial charge in [0.1, 0.15) is 73.2 Å². The highest BCUT2D eigenvalue weighted by atomic mass is 31.2. The zero-order valence-corrected chi connectivity index (χ0v) is 25.1. The molecule has 3 aliphatic heterocycles. The molecule has 0 aliphatic carbocycles. The topological polar surface area (TPSA) is 394 Å². The van der Waals surface area contributed by atoms with Gasteiger partial charge in [-0.1, -0.05) is 0 Å². The number of ether oxygens (including phenoxy) is 6. The van der Waals surface area contributed by atoms with Gasteiger partial charge in [-0.25, -0.2) is 9.13 Å². The Bertz CT molecular complexity index is 1090. The van der Waals surface area contributed by atoms with E-state index in [0.29, 0.717) is 0 Å². The maximum Gasteiger partial charge on any atom is 0.470 e. The fourth-order valence-corrected chi connectivity index (χ4v) is 5.43. The van der Waals surface area contributed by atoms with Crippen LogP contribution < -0.4 is 5.73 Å². The van der Waals surface area contributed by atoms with E-state index in [4.69, 9.17) is 49.0 Å². The van der Waals surface area contributed by atoms with Crippen molar-refractivity contribution in [3.05, 3.63) is 0 Å².